The normalized spacial score (nSPS) is 18.4. The zero-order valence-corrected chi connectivity index (χ0v) is 9.87. The summed E-state index contributed by atoms with van der Waals surface area (Å²) in [6.45, 7) is 2.20. The minimum Gasteiger partial charge on any atom is -0.259 e. The molecule has 1 aliphatic heterocycles. The molecule has 0 fully saturated rings. The average molecular weight is 228 g/mol. The van der Waals surface area contributed by atoms with Crippen LogP contribution in [0.5, 0.6) is 0 Å². The Kier molecular flexibility index (Phi) is 2.33. The summed E-state index contributed by atoms with van der Waals surface area (Å²) in [5, 5.41) is 2.10. The molecule has 1 atom stereocenters. The van der Waals surface area contributed by atoms with E-state index in [1.54, 1.807) is 11.3 Å². The molecule has 2 aromatic rings. The van der Waals surface area contributed by atoms with Crippen LogP contribution in [-0.2, 0) is 0 Å². The van der Waals surface area contributed by atoms with Gasteiger partial charge in [-0.25, -0.2) is 0 Å². The van der Waals surface area contributed by atoms with Crippen LogP contribution in [-0.4, -0.2) is 11.2 Å². The molecule has 3 heteroatoms. The van der Waals surface area contributed by atoms with Gasteiger partial charge in [-0.05, 0) is 23.9 Å². The maximum absolute atomic E-state index is 4.52. The molecule has 0 saturated heterocycles. The number of hydrogen-bond donors (Lipinski definition) is 0. The lowest BCUT2D eigenvalue weighted by Gasteiger charge is -2.17. The highest BCUT2D eigenvalue weighted by Gasteiger charge is 2.18. The van der Waals surface area contributed by atoms with Gasteiger partial charge in [-0.2, -0.15) is 0 Å². The van der Waals surface area contributed by atoms with Crippen LogP contribution >= 0.6 is 11.3 Å². The first kappa shape index (κ1) is 9.73. The molecule has 80 valence electrons. The maximum Gasteiger partial charge on any atom is 0.0930 e. The monoisotopic (exact) mass is 228 g/mol. The van der Waals surface area contributed by atoms with Crippen molar-refractivity contribution in [2.75, 3.05) is 0 Å². The van der Waals surface area contributed by atoms with Crippen LogP contribution in [0.15, 0.2) is 34.8 Å². The molecule has 0 spiro atoms. The fraction of sp³-hybridized carbons (Fsp3) is 0.231. The predicted molar refractivity (Wildman–Crippen MR) is 68.7 cm³/mol. The van der Waals surface area contributed by atoms with Crippen molar-refractivity contribution in [3.8, 4) is 10.4 Å². The van der Waals surface area contributed by atoms with E-state index in [4.69, 9.17) is 0 Å². The van der Waals surface area contributed by atoms with Crippen molar-refractivity contribution >= 4 is 23.2 Å². The van der Waals surface area contributed by atoms with Crippen LogP contribution < -0.4 is 0 Å². The van der Waals surface area contributed by atoms with Gasteiger partial charge in [0, 0.05) is 28.8 Å². The van der Waals surface area contributed by atoms with E-state index in [0.29, 0.717) is 5.92 Å². The van der Waals surface area contributed by atoms with E-state index in [2.05, 4.69) is 40.5 Å². The summed E-state index contributed by atoms with van der Waals surface area (Å²) in [5.74, 6) is 0.479. The largest absolute Gasteiger partial charge is 0.259 e. The Morgan fingerprint density at radius 3 is 3.12 bits per heavy atom. The molecule has 0 aromatic carbocycles. The topological polar surface area (TPSA) is 25.2 Å². The smallest absolute Gasteiger partial charge is 0.0930 e. The quantitative estimate of drug-likeness (QED) is 0.723. The lowest BCUT2D eigenvalue weighted by atomic mass is 9.97. The van der Waals surface area contributed by atoms with Crippen LogP contribution in [0, 0.1) is 0 Å². The fourth-order valence-corrected chi connectivity index (χ4v) is 2.76. The molecule has 1 aliphatic rings. The molecule has 0 amide bonds. The van der Waals surface area contributed by atoms with Crippen LogP contribution in [0.1, 0.15) is 25.0 Å². The van der Waals surface area contributed by atoms with Gasteiger partial charge in [-0.1, -0.05) is 13.0 Å². The Balaban J connectivity index is 2.22. The van der Waals surface area contributed by atoms with Crippen molar-refractivity contribution in [1.82, 2.24) is 4.98 Å². The van der Waals surface area contributed by atoms with Gasteiger partial charge in [0.25, 0.3) is 0 Å². The second-order valence-electron chi connectivity index (χ2n) is 4.02. The molecule has 0 bridgehead atoms. The van der Waals surface area contributed by atoms with E-state index in [0.717, 1.165) is 17.8 Å². The third-order valence-electron chi connectivity index (χ3n) is 2.89. The Morgan fingerprint density at radius 1 is 1.38 bits per heavy atom. The summed E-state index contributed by atoms with van der Waals surface area (Å²) in [6, 6.07) is 6.26. The minimum absolute atomic E-state index is 0.479. The molecular formula is C13H12N2S. The number of hydrogen-bond acceptors (Lipinski definition) is 3. The van der Waals surface area contributed by atoms with Gasteiger partial charge < -0.3 is 0 Å². The third-order valence-corrected chi connectivity index (χ3v) is 3.79. The average Bonchev–Trinajstić information content (AvgIpc) is 2.82. The van der Waals surface area contributed by atoms with Gasteiger partial charge >= 0.3 is 0 Å². The molecule has 1 unspecified atom stereocenters. The van der Waals surface area contributed by atoms with Crippen LogP contribution in [0.3, 0.4) is 0 Å². The van der Waals surface area contributed by atoms with Gasteiger partial charge in [0.05, 0.1) is 11.4 Å². The molecule has 2 aromatic heterocycles. The molecule has 0 N–H and O–H groups in total. The van der Waals surface area contributed by atoms with E-state index in [9.17, 15) is 0 Å². The highest BCUT2D eigenvalue weighted by Crippen LogP contribution is 2.39. The van der Waals surface area contributed by atoms with E-state index in [1.807, 2.05) is 12.4 Å². The van der Waals surface area contributed by atoms with Gasteiger partial charge in [0.15, 0.2) is 0 Å². The molecule has 0 radical (unpaired) electrons. The summed E-state index contributed by atoms with van der Waals surface area (Å²) in [7, 11) is 0. The van der Waals surface area contributed by atoms with E-state index in [-0.39, 0.29) is 0 Å². The summed E-state index contributed by atoms with van der Waals surface area (Å²) >= 11 is 1.75. The summed E-state index contributed by atoms with van der Waals surface area (Å²) < 4.78 is 0. The van der Waals surface area contributed by atoms with Crippen molar-refractivity contribution in [3.63, 3.8) is 0 Å². The first-order valence-corrected chi connectivity index (χ1v) is 6.29. The van der Waals surface area contributed by atoms with Crippen LogP contribution in [0.25, 0.3) is 10.4 Å². The number of thiophene rings is 1. The number of nitrogens with zero attached hydrogens (tertiary/aromatic N) is 2. The third kappa shape index (κ3) is 1.48. The highest BCUT2D eigenvalue weighted by molar-refractivity contribution is 7.13. The molecular weight excluding hydrogens is 216 g/mol. The van der Waals surface area contributed by atoms with Crippen LogP contribution in [0.4, 0.5) is 5.69 Å². The molecule has 0 saturated carbocycles. The van der Waals surface area contributed by atoms with Crippen molar-refractivity contribution in [2.24, 2.45) is 4.99 Å². The van der Waals surface area contributed by atoms with Gasteiger partial charge in [-0.3, -0.25) is 9.98 Å². The van der Waals surface area contributed by atoms with Crippen LogP contribution in [0.2, 0.25) is 0 Å². The number of aliphatic imine (C=N–C) groups is 1. The lowest BCUT2D eigenvalue weighted by Crippen LogP contribution is -2.03. The summed E-state index contributed by atoms with van der Waals surface area (Å²) in [6.07, 6.45) is 4.89. The van der Waals surface area contributed by atoms with Crippen molar-refractivity contribution < 1.29 is 0 Å². The Hall–Kier alpha value is -1.48. The predicted octanol–water partition coefficient (Wildman–Crippen LogP) is 4.02. The van der Waals surface area contributed by atoms with Gasteiger partial charge in [-0.15, -0.1) is 11.3 Å². The van der Waals surface area contributed by atoms with E-state index < -0.39 is 0 Å². The molecule has 3 heterocycles. The van der Waals surface area contributed by atoms with E-state index >= 15 is 0 Å². The Labute approximate surface area is 98.7 Å². The Morgan fingerprint density at radius 2 is 2.31 bits per heavy atom. The maximum atomic E-state index is 4.52. The fourth-order valence-electron chi connectivity index (χ4n) is 2.01. The molecule has 2 nitrogen and oxygen atoms in total. The van der Waals surface area contributed by atoms with Gasteiger partial charge in [0.2, 0.25) is 0 Å². The zero-order valence-electron chi connectivity index (χ0n) is 9.05. The number of pyridine rings is 1. The molecule has 0 aliphatic carbocycles. The summed E-state index contributed by atoms with van der Waals surface area (Å²) in [4.78, 5) is 10.2. The first-order valence-electron chi connectivity index (χ1n) is 5.41. The minimum atomic E-state index is 0.479. The highest BCUT2D eigenvalue weighted by atomic mass is 32.1. The number of fused-ring (bicyclic) bond motifs is 1. The number of aromatic nitrogens is 1. The summed E-state index contributed by atoms with van der Waals surface area (Å²) in [5.41, 5.74) is 3.40. The zero-order chi connectivity index (χ0) is 11.0. The second-order valence-corrected chi connectivity index (χ2v) is 4.97. The van der Waals surface area contributed by atoms with E-state index in [1.165, 1.54) is 10.4 Å². The standard InChI is InChI=1S/C13H12N2S/c1-9-4-6-15-13-10(5-7-14-12(9)13)11-3-2-8-16-11/h2-3,5-9H,4H2,1H3. The molecule has 16 heavy (non-hydrogen) atoms. The van der Waals surface area contributed by atoms with Gasteiger partial charge in [0.1, 0.15) is 0 Å². The number of rotatable bonds is 1. The SMILES string of the molecule is CC1CC=Nc2c(-c3cccs3)ccnc21. The Bertz CT molecular complexity index is 529. The van der Waals surface area contributed by atoms with Crippen molar-refractivity contribution in [2.45, 2.75) is 19.3 Å². The second kappa shape index (κ2) is 3.83. The lowest BCUT2D eigenvalue weighted by molar-refractivity contribution is 0.767. The first-order chi connectivity index (χ1) is 7.86. The van der Waals surface area contributed by atoms with Crippen molar-refractivity contribution in [3.05, 3.63) is 35.5 Å². The van der Waals surface area contributed by atoms with Crippen molar-refractivity contribution in [1.29, 1.82) is 0 Å². The molecule has 3 rings (SSSR count).